The fourth-order valence-electron chi connectivity index (χ4n) is 6.94. The van der Waals surface area contributed by atoms with Crippen LogP contribution in [-0.2, 0) is 10.8 Å². The molecule has 186 valence electrons. The van der Waals surface area contributed by atoms with Crippen molar-refractivity contribution in [3.63, 3.8) is 0 Å². The highest BCUT2D eigenvalue weighted by Gasteiger charge is 2.36. The van der Waals surface area contributed by atoms with Gasteiger partial charge in [-0.1, -0.05) is 118 Å². The van der Waals surface area contributed by atoms with Crippen LogP contribution in [0, 0.1) is 13.8 Å². The van der Waals surface area contributed by atoms with Gasteiger partial charge in [-0.2, -0.15) is 0 Å². The molecule has 0 fully saturated rings. The highest BCUT2D eigenvalue weighted by atomic mass is 14.4. The lowest BCUT2D eigenvalue weighted by Gasteiger charge is -2.23. The molecule has 0 nitrogen and oxygen atoms in total. The molecule has 2 aliphatic carbocycles. The van der Waals surface area contributed by atoms with Crippen molar-refractivity contribution in [1.29, 1.82) is 0 Å². The fourth-order valence-corrected chi connectivity index (χ4v) is 6.94. The number of fused-ring (bicyclic) bond motifs is 6. The van der Waals surface area contributed by atoms with Crippen molar-refractivity contribution in [2.24, 2.45) is 0 Å². The third-order valence-electron chi connectivity index (χ3n) is 9.19. The van der Waals surface area contributed by atoms with Crippen LogP contribution in [-0.4, -0.2) is 0 Å². The van der Waals surface area contributed by atoms with Gasteiger partial charge in [-0.25, -0.2) is 0 Å². The maximum absolute atomic E-state index is 2.43. The van der Waals surface area contributed by atoms with Crippen molar-refractivity contribution in [2.45, 2.75) is 52.4 Å². The van der Waals surface area contributed by atoms with E-state index in [0.717, 1.165) is 0 Å². The number of benzene rings is 5. The lowest BCUT2D eigenvalue weighted by Crippen LogP contribution is -2.15. The summed E-state index contributed by atoms with van der Waals surface area (Å²) >= 11 is 0. The Bertz CT molecular complexity index is 1650. The maximum Gasteiger partial charge on any atom is 0.0159 e. The minimum Gasteiger partial charge on any atom is -0.0610 e. The van der Waals surface area contributed by atoms with Gasteiger partial charge in [0.15, 0.2) is 0 Å². The molecule has 0 aromatic heterocycles. The molecule has 5 aromatic carbocycles. The number of rotatable bonds is 2. The molecule has 0 heteroatoms. The highest BCUT2D eigenvalue weighted by Crippen LogP contribution is 2.51. The summed E-state index contributed by atoms with van der Waals surface area (Å²) in [7, 11) is 0. The molecule has 0 spiro atoms. The van der Waals surface area contributed by atoms with Crippen molar-refractivity contribution in [3.05, 3.63) is 130 Å². The number of hydrogen-bond acceptors (Lipinski definition) is 0. The van der Waals surface area contributed by atoms with Gasteiger partial charge in [0.1, 0.15) is 0 Å². The molecule has 2 aliphatic rings. The molecular weight excluding hydrogens is 456 g/mol. The SMILES string of the molecule is Cc1ccc2c(c1)C(C)(C)c1cc(-c3cccc(-c4ccc5c(c4)C(C)(C)c4cc(C)ccc4-5)c3)ccc1-2. The highest BCUT2D eigenvalue weighted by molar-refractivity contribution is 5.86. The Morgan fingerprint density at radius 2 is 0.711 bits per heavy atom. The Morgan fingerprint density at radius 1 is 0.368 bits per heavy atom. The molecule has 0 atom stereocenters. The van der Waals surface area contributed by atoms with Gasteiger partial charge in [-0.15, -0.1) is 0 Å². The smallest absolute Gasteiger partial charge is 0.0159 e. The van der Waals surface area contributed by atoms with Crippen LogP contribution in [0.5, 0.6) is 0 Å². The Hall–Kier alpha value is -3.90. The van der Waals surface area contributed by atoms with E-state index in [0.29, 0.717) is 0 Å². The molecule has 0 unspecified atom stereocenters. The molecule has 0 N–H and O–H groups in total. The number of hydrogen-bond donors (Lipinski definition) is 0. The van der Waals surface area contributed by atoms with Crippen LogP contribution in [0.2, 0.25) is 0 Å². The topological polar surface area (TPSA) is 0 Å². The Labute approximate surface area is 227 Å². The van der Waals surface area contributed by atoms with Crippen molar-refractivity contribution in [3.8, 4) is 44.5 Å². The molecule has 0 saturated heterocycles. The minimum atomic E-state index is 0.00321. The predicted octanol–water partition coefficient (Wildman–Crippen LogP) is 10.3. The third kappa shape index (κ3) is 3.23. The van der Waals surface area contributed by atoms with Gasteiger partial charge in [0.25, 0.3) is 0 Å². The standard InChI is InChI=1S/C38H34/c1-23-10-14-29-31-16-12-27(21-35(31)37(3,4)33(29)18-23)25-8-7-9-26(20-25)28-13-17-32-30-15-11-24(2)19-34(30)38(5,6)36(32)22-28/h7-22H,1-6H3. The van der Waals surface area contributed by atoms with Gasteiger partial charge in [-0.3, -0.25) is 0 Å². The first-order chi connectivity index (χ1) is 18.1. The second kappa shape index (κ2) is 7.81. The molecular formula is C38H34. The Kier molecular flexibility index (Phi) is 4.77. The Morgan fingerprint density at radius 3 is 1.13 bits per heavy atom. The quantitative estimate of drug-likeness (QED) is 0.231. The van der Waals surface area contributed by atoms with E-state index in [1.165, 1.54) is 77.9 Å². The zero-order valence-corrected chi connectivity index (χ0v) is 23.2. The largest absolute Gasteiger partial charge is 0.0610 e. The summed E-state index contributed by atoms with van der Waals surface area (Å²) in [5.74, 6) is 0. The molecule has 7 rings (SSSR count). The van der Waals surface area contributed by atoms with Crippen LogP contribution in [0.1, 0.15) is 61.1 Å². The molecule has 0 heterocycles. The monoisotopic (exact) mass is 490 g/mol. The molecule has 0 amide bonds. The minimum absolute atomic E-state index is 0.00321. The first-order valence-corrected chi connectivity index (χ1v) is 13.8. The van der Waals surface area contributed by atoms with Crippen molar-refractivity contribution in [1.82, 2.24) is 0 Å². The average molecular weight is 491 g/mol. The zero-order chi connectivity index (χ0) is 26.4. The summed E-state index contributed by atoms with van der Waals surface area (Å²) in [4.78, 5) is 0. The summed E-state index contributed by atoms with van der Waals surface area (Å²) < 4.78 is 0. The van der Waals surface area contributed by atoms with Crippen molar-refractivity contribution in [2.75, 3.05) is 0 Å². The van der Waals surface area contributed by atoms with Crippen molar-refractivity contribution >= 4 is 0 Å². The summed E-state index contributed by atoms with van der Waals surface area (Å²) in [5, 5.41) is 0. The third-order valence-corrected chi connectivity index (χ3v) is 9.19. The Balaban J connectivity index is 1.29. The van der Waals surface area contributed by atoms with E-state index in [2.05, 4.69) is 139 Å². The van der Waals surface area contributed by atoms with E-state index >= 15 is 0 Å². The first-order valence-electron chi connectivity index (χ1n) is 13.8. The second-order valence-corrected chi connectivity index (χ2v) is 12.4. The summed E-state index contributed by atoms with van der Waals surface area (Å²) in [6.07, 6.45) is 0. The maximum atomic E-state index is 2.43. The van der Waals surface area contributed by atoms with E-state index < -0.39 is 0 Å². The zero-order valence-electron chi connectivity index (χ0n) is 23.2. The predicted molar refractivity (Wildman–Crippen MR) is 162 cm³/mol. The molecule has 0 bridgehead atoms. The van der Waals surface area contributed by atoms with Crippen LogP contribution >= 0.6 is 0 Å². The fraction of sp³-hybridized carbons (Fsp3) is 0.211. The first kappa shape index (κ1) is 23.2. The van der Waals surface area contributed by atoms with E-state index in [9.17, 15) is 0 Å². The van der Waals surface area contributed by atoms with Gasteiger partial charge in [0, 0.05) is 10.8 Å². The molecule has 5 aromatic rings. The van der Waals surface area contributed by atoms with E-state index in [1.807, 2.05) is 0 Å². The number of aryl methyl sites for hydroxylation is 2. The molecule has 0 saturated carbocycles. The van der Waals surface area contributed by atoms with Gasteiger partial charge in [0.05, 0.1) is 0 Å². The lowest BCUT2D eigenvalue weighted by atomic mass is 9.81. The van der Waals surface area contributed by atoms with Crippen LogP contribution in [0.4, 0.5) is 0 Å². The second-order valence-electron chi connectivity index (χ2n) is 12.4. The van der Waals surface area contributed by atoms with E-state index in [4.69, 9.17) is 0 Å². The summed E-state index contributed by atoms with van der Waals surface area (Å²) in [5.41, 5.74) is 19.0. The van der Waals surface area contributed by atoms with Gasteiger partial charge >= 0.3 is 0 Å². The van der Waals surface area contributed by atoms with Crippen LogP contribution in [0.25, 0.3) is 44.5 Å². The lowest BCUT2D eigenvalue weighted by molar-refractivity contribution is 0.660. The van der Waals surface area contributed by atoms with Crippen LogP contribution < -0.4 is 0 Å². The van der Waals surface area contributed by atoms with E-state index in [1.54, 1.807) is 0 Å². The van der Waals surface area contributed by atoms with E-state index in [-0.39, 0.29) is 10.8 Å². The normalized spacial score (nSPS) is 15.5. The van der Waals surface area contributed by atoms with Crippen molar-refractivity contribution < 1.29 is 0 Å². The average Bonchev–Trinajstić information content (AvgIpc) is 3.27. The van der Waals surface area contributed by atoms with Gasteiger partial charge in [0.2, 0.25) is 0 Å². The summed E-state index contributed by atoms with van der Waals surface area (Å²) in [6.45, 7) is 13.8. The van der Waals surface area contributed by atoms with Gasteiger partial charge in [-0.05, 0) is 98.8 Å². The molecule has 0 radical (unpaired) electrons. The molecule has 38 heavy (non-hydrogen) atoms. The summed E-state index contributed by atoms with van der Waals surface area (Å²) in [6, 6.07) is 37.0. The molecule has 0 aliphatic heterocycles. The van der Waals surface area contributed by atoms with Gasteiger partial charge < -0.3 is 0 Å². The van der Waals surface area contributed by atoms with Crippen LogP contribution in [0.15, 0.2) is 97.1 Å². The van der Waals surface area contributed by atoms with Crippen LogP contribution in [0.3, 0.4) is 0 Å².